The molecule has 1 atom stereocenters. The molecule has 0 bridgehead atoms. The Morgan fingerprint density at radius 2 is 2.07 bits per heavy atom. The second kappa shape index (κ2) is 11.0. The first kappa shape index (κ1) is 22.2. The van der Waals surface area contributed by atoms with Gasteiger partial charge in [0.1, 0.15) is 0 Å². The normalized spacial score (nSPS) is 19.8. The van der Waals surface area contributed by atoms with Crippen LogP contribution in [-0.4, -0.2) is 62.3 Å². The van der Waals surface area contributed by atoms with Crippen molar-refractivity contribution in [1.82, 2.24) is 9.88 Å². The largest absolute Gasteiger partial charge is 0.493 e. The number of rotatable bonds is 8. The molecule has 2 fully saturated rings. The van der Waals surface area contributed by atoms with E-state index in [-0.39, 0.29) is 0 Å². The van der Waals surface area contributed by atoms with E-state index in [1.807, 2.05) is 4.90 Å². The van der Waals surface area contributed by atoms with Crippen molar-refractivity contribution in [1.29, 1.82) is 0 Å². The number of hydrogen-bond donors (Lipinski definition) is 1. The number of nitrogens with one attached hydrogen (secondary N) is 1. The van der Waals surface area contributed by atoms with Crippen LogP contribution in [0.2, 0.25) is 0 Å². The van der Waals surface area contributed by atoms with Gasteiger partial charge in [-0.2, -0.15) is 0 Å². The predicted octanol–water partition coefficient (Wildman–Crippen LogP) is 3.67. The van der Waals surface area contributed by atoms with Crippen LogP contribution >= 0.6 is 0 Å². The minimum Gasteiger partial charge on any atom is -0.493 e. The molecular formula is C22H34N4O4. The maximum Gasteiger partial charge on any atom is 0.411 e. The van der Waals surface area contributed by atoms with E-state index in [9.17, 15) is 9.59 Å². The molecule has 1 aromatic heterocycles. The molecule has 1 saturated carbocycles. The summed E-state index contributed by atoms with van der Waals surface area (Å²) in [5.41, 5.74) is 0.533. The van der Waals surface area contributed by atoms with Crippen molar-refractivity contribution in [3.63, 3.8) is 0 Å². The van der Waals surface area contributed by atoms with Crippen LogP contribution in [-0.2, 0) is 9.53 Å². The molecule has 1 aliphatic carbocycles. The summed E-state index contributed by atoms with van der Waals surface area (Å²) in [6.07, 6.45) is 11.4. The Hall–Kier alpha value is -2.51. The van der Waals surface area contributed by atoms with Gasteiger partial charge in [-0.25, -0.2) is 9.78 Å². The number of piperidine rings is 1. The second-order valence-electron chi connectivity index (χ2n) is 8.24. The lowest BCUT2D eigenvalue weighted by Crippen LogP contribution is -2.40. The number of hydrogen-bond acceptors (Lipinski definition) is 6. The van der Waals surface area contributed by atoms with Crippen LogP contribution in [0.25, 0.3) is 0 Å². The Balaban J connectivity index is 1.59. The maximum absolute atomic E-state index is 11.6. The maximum atomic E-state index is 11.6. The average molecular weight is 419 g/mol. The Labute approximate surface area is 178 Å². The van der Waals surface area contributed by atoms with Gasteiger partial charge in [-0.1, -0.05) is 19.3 Å². The van der Waals surface area contributed by atoms with Gasteiger partial charge in [0.05, 0.1) is 26.1 Å². The zero-order valence-corrected chi connectivity index (χ0v) is 18.1. The molecular weight excluding hydrogens is 384 g/mol. The number of methoxy groups -OCH3 is 2. The lowest BCUT2D eigenvalue weighted by Gasteiger charge is -2.36. The third kappa shape index (κ3) is 5.77. The van der Waals surface area contributed by atoms with Crippen LogP contribution in [0.5, 0.6) is 5.75 Å². The monoisotopic (exact) mass is 418 g/mol. The van der Waals surface area contributed by atoms with Crippen molar-refractivity contribution in [2.24, 2.45) is 5.92 Å². The molecule has 1 aliphatic heterocycles. The van der Waals surface area contributed by atoms with Crippen molar-refractivity contribution < 1.29 is 19.1 Å². The number of pyridine rings is 1. The molecule has 166 valence electrons. The first-order chi connectivity index (χ1) is 14.6. The molecule has 3 rings (SSSR count). The summed E-state index contributed by atoms with van der Waals surface area (Å²) in [5, 5.41) is 2.61. The Morgan fingerprint density at radius 3 is 2.77 bits per heavy atom. The first-order valence-corrected chi connectivity index (χ1v) is 11.0. The minimum atomic E-state index is -0.540. The molecule has 0 spiro atoms. The third-order valence-electron chi connectivity index (χ3n) is 6.28. The van der Waals surface area contributed by atoms with E-state index in [0.717, 1.165) is 64.0 Å². The molecule has 30 heavy (non-hydrogen) atoms. The van der Waals surface area contributed by atoms with Gasteiger partial charge in [-0.3, -0.25) is 10.1 Å². The summed E-state index contributed by atoms with van der Waals surface area (Å²) in [6, 6.07) is 2.19. The quantitative estimate of drug-likeness (QED) is 0.649. The van der Waals surface area contributed by atoms with Gasteiger partial charge in [-0.15, -0.1) is 0 Å². The average Bonchev–Trinajstić information content (AvgIpc) is 2.80. The standard InChI is InChI=1S/C22H34N4O4/c1-29-20-13-18(24-22(28)30-2)14-23-21(20)25-11-6-7-17(15-25)10-12-26(16-27)19-8-4-3-5-9-19/h13-14,16-17,19H,3-12,15H2,1-2H3,(H,24,28). The van der Waals surface area contributed by atoms with Crippen molar-refractivity contribution >= 4 is 24.0 Å². The van der Waals surface area contributed by atoms with Crippen molar-refractivity contribution in [3.8, 4) is 5.75 Å². The van der Waals surface area contributed by atoms with Crippen molar-refractivity contribution in [2.75, 3.05) is 44.1 Å². The van der Waals surface area contributed by atoms with E-state index >= 15 is 0 Å². The fraction of sp³-hybridized carbons (Fsp3) is 0.682. The Kier molecular flexibility index (Phi) is 8.16. The molecule has 1 unspecified atom stereocenters. The van der Waals surface area contributed by atoms with Gasteiger partial charge >= 0.3 is 6.09 Å². The molecule has 1 saturated heterocycles. The zero-order chi connectivity index (χ0) is 21.3. The van der Waals surface area contributed by atoms with E-state index in [1.54, 1.807) is 19.4 Å². The third-order valence-corrected chi connectivity index (χ3v) is 6.28. The van der Waals surface area contributed by atoms with Gasteiger partial charge in [0, 0.05) is 31.7 Å². The van der Waals surface area contributed by atoms with Crippen LogP contribution in [0.1, 0.15) is 51.4 Å². The van der Waals surface area contributed by atoms with Gasteiger partial charge in [0.25, 0.3) is 0 Å². The van der Waals surface area contributed by atoms with E-state index in [0.29, 0.717) is 23.4 Å². The SMILES string of the molecule is COC(=O)Nc1cnc(N2CCCC(CCN(C=O)C3CCCCC3)C2)c(OC)c1. The topological polar surface area (TPSA) is 84.0 Å². The Bertz CT molecular complexity index is 708. The van der Waals surface area contributed by atoms with Crippen LogP contribution in [0.15, 0.2) is 12.3 Å². The van der Waals surface area contributed by atoms with Crippen molar-refractivity contribution in [3.05, 3.63) is 12.3 Å². The van der Waals surface area contributed by atoms with Crippen molar-refractivity contribution in [2.45, 2.75) is 57.4 Å². The van der Waals surface area contributed by atoms with Gasteiger partial charge in [0.15, 0.2) is 11.6 Å². The number of nitrogens with zero attached hydrogens (tertiary/aromatic N) is 3. The van der Waals surface area contributed by atoms with Crippen LogP contribution < -0.4 is 15.0 Å². The van der Waals surface area contributed by atoms with E-state index in [4.69, 9.17) is 4.74 Å². The predicted molar refractivity (Wildman–Crippen MR) is 116 cm³/mol. The first-order valence-electron chi connectivity index (χ1n) is 11.0. The molecule has 8 heteroatoms. The molecule has 1 aromatic rings. The fourth-order valence-corrected chi connectivity index (χ4v) is 4.62. The summed E-state index contributed by atoms with van der Waals surface area (Å²) in [7, 11) is 2.93. The highest BCUT2D eigenvalue weighted by Crippen LogP contribution is 2.32. The number of carbonyl (C=O) groups excluding carboxylic acids is 2. The van der Waals surface area contributed by atoms with E-state index in [2.05, 4.69) is 19.9 Å². The minimum absolute atomic E-state index is 0.424. The molecule has 2 amide bonds. The van der Waals surface area contributed by atoms with Crippen LogP contribution in [0.4, 0.5) is 16.3 Å². The van der Waals surface area contributed by atoms with Gasteiger partial charge < -0.3 is 19.3 Å². The molecule has 2 heterocycles. The molecule has 8 nitrogen and oxygen atoms in total. The lowest BCUT2D eigenvalue weighted by atomic mass is 9.92. The summed E-state index contributed by atoms with van der Waals surface area (Å²) in [6.45, 7) is 2.65. The number of amides is 2. The van der Waals surface area contributed by atoms with Crippen LogP contribution in [0, 0.1) is 5.92 Å². The number of anilines is 2. The van der Waals surface area contributed by atoms with Gasteiger partial charge in [-0.05, 0) is 38.0 Å². The fourth-order valence-electron chi connectivity index (χ4n) is 4.62. The molecule has 2 aliphatic rings. The summed E-state index contributed by atoms with van der Waals surface area (Å²) < 4.78 is 10.2. The molecule has 0 aromatic carbocycles. The highest BCUT2D eigenvalue weighted by molar-refractivity contribution is 5.85. The highest BCUT2D eigenvalue weighted by atomic mass is 16.5. The molecule has 0 radical (unpaired) electrons. The van der Waals surface area contributed by atoms with E-state index < -0.39 is 6.09 Å². The van der Waals surface area contributed by atoms with E-state index in [1.165, 1.54) is 26.4 Å². The highest BCUT2D eigenvalue weighted by Gasteiger charge is 2.26. The number of ether oxygens (including phenoxy) is 2. The van der Waals surface area contributed by atoms with Gasteiger partial charge in [0.2, 0.25) is 6.41 Å². The molecule has 1 N–H and O–H groups in total. The summed E-state index contributed by atoms with van der Waals surface area (Å²) in [5.74, 6) is 1.93. The smallest absolute Gasteiger partial charge is 0.411 e. The Morgan fingerprint density at radius 1 is 1.27 bits per heavy atom. The summed E-state index contributed by atoms with van der Waals surface area (Å²) >= 11 is 0. The lowest BCUT2D eigenvalue weighted by molar-refractivity contribution is -0.121. The zero-order valence-electron chi connectivity index (χ0n) is 18.1. The number of aromatic nitrogens is 1. The second-order valence-corrected chi connectivity index (χ2v) is 8.24. The number of carbonyl (C=O) groups is 2. The van der Waals surface area contributed by atoms with Crippen LogP contribution in [0.3, 0.4) is 0 Å². The summed E-state index contributed by atoms with van der Waals surface area (Å²) in [4.78, 5) is 31.9.